The van der Waals surface area contributed by atoms with Gasteiger partial charge < -0.3 is 16.4 Å². The molecule has 9 heteroatoms. The smallest absolute Gasteiger partial charge is 0.393 e. The first kappa shape index (κ1) is 17.8. The zero-order valence-electron chi connectivity index (χ0n) is 13.2. The third-order valence-electron chi connectivity index (χ3n) is 3.47. The van der Waals surface area contributed by atoms with E-state index in [1.165, 1.54) is 6.33 Å². The van der Waals surface area contributed by atoms with Crippen molar-refractivity contribution in [2.24, 2.45) is 0 Å². The first-order chi connectivity index (χ1) is 12.3. The summed E-state index contributed by atoms with van der Waals surface area (Å²) in [6.07, 6.45) is -3.25. The van der Waals surface area contributed by atoms with Crippen molar-refractivity contribution in [3.05, 3.63) is 65.4 Å². The first-order valence-corrected chi connectivity index (χ1v) is 7.78. The highest BCUT2D eigenvalue weighted by Gasteiger charge is 2.31. The van der Waals surface area contributed by atoms with Crippen LogP contribution in [0.5, 0.6) is 0 Å². The maximum absolute atomic E-state index is 12.9. The van der Waals surface area contributed by atoms with Crippen LogP contribution in [0, 0.1) is 0 Å². The van der Waals surface area contributed by atoms with Crippen molar-refractivity contribution in [3.63, 3.8) is 0 Å². The Bertz CT molecular complexity index is 916. The van der Waals surface area contributed by atoms with E-state index >= 15 is 0 Å². The van der Waals surface area contributed by atoms with E-state index in [4.69, 9.17) is 17.3 Å². The standard InChI is InChI=1S/C17H13ClF3N5/c18-12-7-6-10(17(19,20)21)8-13(12)26-16-14(22)15(23-9-24-16)25-11-4-2-1-3-5-11/h1-9H,22H2,(H2,23,24,25,26). The lowest BCUT2D eigenvalue weighted by Gasteiger charge is -2.15. The van der Waals surface area contributed by atoms with Crippen LogP contribution in [-0.2, 0) is 6.18 Å². The Kier molecular flexibility index (Phi) is 4.85. The van der Waals surface area contributed by atoms with Gasteiger partial charge in [-0.2, -0.15) is 13.2 Å². The van der Waals surface area contributed by atoms with Crippen molar-refractivity contribution in [1.29, 1.82) is 0 Å². The quantitative estimate of drug-likeness (QED) is 0.579. The molecule has 2 aromatic carbocycles. The SMILES string of the molecule is Nc1c(Nc2ccccc2)ncnc1Nc1cc(C(F)(F)F)ccc1Cl. The largest absolute Gasteiger partial charge is 0.416 e. The number of aromatic nitrogens is 2. The molecule has 0 unspecified atom stereocenters. The zero-order chi connectivity index (χ0) is 18.7. The minimum Gasteiger partial charge on any atom is -0.393 e. The maximum Gasteiger partial charge on any atom is 0.416 e. The van der Waals surface area contributed by atoms with Gasteiger partial charge in [0, 0.05) is 5.69 Å². The molecule has 0 aliphatic rings. The Morgan fingerprint density at radius 3 is 2.23 bits per heavy atom. The van der Waals surface area contributed by atoms with Crippen molar-refractivity contribution in [2.75, 3.05) is 16.4 Å². The van der Waals surface area contributed by atoms with Gasteiger partial charge in [0.15, 0.2) is 11.6 Å². The van der Waals surface area contributed by atoms with Gasteiger partial charge in [-0.15, -0.1) is 0 Å². The Balaban J connectivity index is 1.90. The van der Waals surface area contributed by atoms with Crippen LogP contribution in [0.4, 0.5) is 41.9 Å². The Morgan fingerprint density at radius 1 is 0.923 bits per heavy atom. The third-order valence-corrected chi connectivity index (χ3v) is 3.80. The van der Waals surface area contributed by atoms with Gasteiger partial charge in [-0.25, -0.2) is 9.97 Å². The number of alkyl halides is 3. The zero-order valence-corrected chi connectivity index (χ0v) is 13.9. The van der Waals surface area contributed by atoms with Crippen LogP contribution < -0.4 is 16.4 Å². The average Bonchev–Trinajstić information content (AvgIpc) is 2.60. The van der Waals surface area contributed by atoms with Gasteiger partial charge >= 0.3 is 6.18 Å². The number of anilines is 5. The predicted octanol–water partition coefficient (Wildman–Crippen LogP) is 5.22. The van der Waals surface area contributed by atoms with Gasteiger partial charge in [-0.3, -0.25) is 0 Å². The molecule has 3 rings (SSSR count). The molecule has 26 heavy (non-hydrogen) atoms. The molecule has 1 aromatic heterocycles. The van der Waals surface area contributed by atoms with Crippen LogP contribution in [0.3, 0.4) is 0 Å². The molecule has 0 atom stereocenters. The van der Waals surface area contributed by atoms with E-state index < -0.39 is 11.7 Å². The molecule has 0 radical (unpaired) electrons. The fraction of sp³-hybridized carbons (Fsp3) is 0.0588. The topological polar surface area (TPSA) is 75.9 Å². The van der Waals surface area contributed by atoms with Gasteiger partial charge in [0.05, 0.1) is 16.3 Å². The van der Waals surface area contributed by atoms with Gasteiger partial charge in [0.2, 0.25) is 0 Å². The normalized spacial score (nSPS) is 11.2. The fourth-order valence-electron chi connectivity index (χ4n) is 2.18. The number of halogens is 4. The summed E-state index contributed by atoms with van der Waals surface area (Å²) < 4.78 is 38.7. The Hall–Kier alpha value is -3.00. The fourth-order valence-corrected chi connectivity index (χ4v) is 2.34. The third kappa shape index (κ3) is 3.97. The number of rotatable bonds is 4. The second-order valence-corrected chi connectivity index (χ2v) is 5.70. The van der Waals surface area contributed by atoms with Gasteiger partial charge in [-0.05, 0) is 30.3 Å². The van der Waals surface area contributed by atoms with Crippen LogP contribution in [0.1, 0.15) is 5.56 Å². The molecule has 4 N–H and O–H groups in total. The summed E-state index contributed by atoms with van der Waals surface area (Å²) >= 11 is 5.99. The number of hydrogen-bond donors (Lipinski definition) is 3. The molecule has 0 aliphatic carbocycles. The molecule has 134 valence electrons. The molecule has 3 aromatic rings. The highest BCUT2D eigenvalue weighted by Crippen LogP contribution is 2.36. The minimum atomic E-state index is -4.49. The molecule has 0 amide bonds. The van der Waals surface area contributed by atoms with E-state index in [0.717, 1.165) is 23.9 Å². The summed E-state index contributed by atoms with van der Waals surface area (Å²) in [5.41, 5.74) is 6.14. The monoisotopic (exact) mass is 379 g/mol. The van der Waals surface area contributed by atoms with Crippen LogP contribution in [0.2, 0.25) is 5.02 Å². The summed E-state index contributed by atoms with van der Waals surface area (Å²) in [6.45, 7) is 0. The van der Waals surface area contributed by atoms with Crippen LogP contribution in [0.25, 0.3) is 0 Å². The van der Waals surface area contributed by atoms with E-state index in [-0.39, 0.29) is 22.2 Å². The second-order valence-electron chi connectivity index (χ2n) is 5.29. The van der Waals surface area contributed by atoms with E-state index in [1.807, 2.05) is 30.3 Å². The number of para-hydroxylation sites is 1. The van der Waals surface area contributed by atoms with Gasteiger partial charge in [0.25, 0.3) is 0 Å². The summed E-state index contributed by atoms with van der Waals surface area (Å²) in [7, 11) is 0. The lowest BCUT2D eigenvalue weighted by Crippen LogP contribution is -2.08. The number of nitrogen functional groups attached to an aromatic ring is 1. The average molecular weight is 380 g/mol. The molecule has 0 saturated carbocycles. The number of benzene rings is 2. The molecule has 0 fully saturated rings. The summed E-state index contributed by atoms with van der Waals surface area (Å²) in [6, 6.07) is 12.1. The molecule has 0 saturated heterocycles. The van der Waals surface area contributed by atoms with Crippen LogP contribution in [0.15, 0.2) is 54.9 Å². The number of nitrogens with two attached hydrogens (primary N) is 1. The van der Waals surface area contributed by atoms with Crippen molar-refractivity contribution >= 4 is 40.3 Å². The van der Waals surface area contributed by atoms with E-state index in [1.54, 1.807) is 0 Å². The predicted molar refractivity (Wildman–Crippen MR) is 95.9 cm³/mol. The second kappa shape index (κ2) is 7.09. The molecule has 0 aliphatic heterocycles. The van der Waals surface area contributed by atoms with E-state index in [9.17, 15) is 13.2 Å². The van der Waals surface area contributed by atoms with E-state index in [2.05, 4.69) is 20.6 Å². The van der Waals surface area contributed by atoms with Crippen molar-refractivity contribution in [3.8, 4) is 0 Å². The Labute approximate surface area is 152 Å². The number of nitrogens with one attached hydrogen (secondary N) is 2. The lowest BCUT2D eigenvalue weighted by atomic mass is 10.2. The van der Waals surface area contributed by atoms with Gasteiger partial charge in [0.1, 0.15) is 12.0 Å². The summed E-state index contributed by atoms with van der Waals surface area (Å²) in [5, 5.41) is 5.86. The summed E-state index contributed by atoms with van der Waals surface area (Å²) in [5.74, 6) is 0.455. The molecular weight excluding hydrogens is 367 g/mol. The lowest BCUT2D eigenvalue weighted by molar-refractivity contribution is -0.137. The van der Waals surface area contributed by atoms with Gasteiger partial charge in [-0.1, -0.05) is 29.8 Å². The number of nitrogens with zero attached hydrogens (tertiary/aromatic N) is 2. The molecule has 0 bridgehead atoms. The minimum absolute atomic E-state index is 0.0394. The number of hydrogen-bond acceptors (Lipinski definition) is 5. The molecule has 0 spiro atoms. The van der Waals surface area contributed by atoms with Crippen LogP contribution >= 0.6 is 11.6 Å². The summed E-state index contributed by atoms with van der Waals surface area (Å²) in [4.78, 5) is 8.04. The highest BCUT2D eigenvalue weighted by molar-refractivity contribution is 6.33. The molecule has 1 heterocycles. The molecular formula is C17H13ClF3N5. The van der Waals surface area contributed by atoms with E-state index in [0.29, 0.717) is 5.82 Å². The van der Waals surface area contributed by atoms with Crippen molar-refractivity contribution < 1.29 is 13.2 Å². The van der Waals surface area contributed by atoms with Crippen molar-refractivity contribution in [2.45, 2.75) is 6.18 Å². The van der Waals surface area contributed by atoms with Crippen LogP contribution in [-0.4, -0.2) is 9.97 Å². The Morgan fingerprint density at radius 2 is 1.58 bits per heavy atom. The first-order valence-electron chi connectivity index (χ1n) is 7.41. The highest BCUT2D eigenvalue weighted by atomic mass is 35.5. The maximum atomic E-state index is 12.9. The molecule has 5 nitrogen and oxygen atoms in total. The van der Waals surface area contributed by atoms with Crippen molar-refractivity contribution in [1.82, 2.24) is 9.97 Å².